The fraction of sp³-hybridized carbons (Fsp3) is 0.0833. The van der Waals surface area contributed by atoms with Crippen molar-refractivity contribution < 1.29 is 14.2 Å². The fourth-order valence-electron chi connectivity index (χ4n) is 3.90. The summed E-state index contributed by atoms with van der Waals surface area (Å²) in [6.45, 7) is 1.68. The molecule has 3 aromatic carbocycles. The number of hydroxylamine groups is 1. The van der Waals surface area contributed by atoms with E-state index < -0.39 is 12.3 Å². The van der Waals surface area contributed by atoms with Gasteiger partial charge in [0.25, 0.3) is 0 Å². The standard InChI is InChI=1S/C24H14Cl5N3O3/c1-12-22(21(30-34-12)20-17(27)7-4-8-18(20)28)31-23(14-5-2-3-6-15(14)25)32(35-24(31)33)13-9-10-16(26)19(29)11-13/h2-11,23H,1H3/t23-/m0/s1. The molecule has 35 heavy (non-hydrogen) atoms. The summed E-state index contributed by atoms with van der Waals surface area (Å²) >= 11 is 31.9. The molecule has 0 unspecified atom stereocenters. The van der Waals surface area contributed by atoms with Crippen molar-refractivity contribution in [2.24, 2.45) is 0 Å². The zero-order valence-corrected chi connectivity index (χ0v) is 21.6. The van der Waals surface area contributed by atoms with E-state index in [4.69, 9.17) is 67.4 Å². The number of hydrogen-bond acceptors (Lipinski definition) is 5. The van der Waals surface area contributed by atoms with Gasteiger partial charge < -0.3 is 9.36 Å². The van der Waals surface area contributed by atoms with E-state index in [1.807, 2.05) is 6.07 Å². The van der Waals surface area contributed by atoms with Gasteiger partial charge in [0.05, 0.1) is 25.8 Å². The number of amides is 1. The number of hydrogen-bond donors (Lipinski definition) is 0. The number of nitrogens with zero attached hydrogens (tertiary/aromatic N) is 3. The van der Waals surface area contributed by atoms with Gasteiger partial charge in [-0.3, -0.25) is 0 Å². The van der Waals surface area contributed by atoms with Crippen LogP contribution in [0.1, 0.15) is 17.5 Å². The molecule has 1 amide bonds. The largest absolute Gasteiger partial charge is 0.441 e. The van der Waals surface area contributed by atoms with Crippen molar-refractivity contribution in [3.8, 4) is 11.3 Å². The van der Waals surface area contributed by atoms with Crippen LogP contribution in [-0.4, -0.2) is 11.2 Å². The predicted octanol–water partition coefficient (Wildman–Crippen LogP) is 8.99. The smallest absolute Gasteiger partial charge is 0.359 e. The molecule has 1 saturated heterocycles. The van der Waals surface area contributed by atoms with Crippen molar-refractivity contribution in [1.82, 2.24) is 5.16 Å². The van der Waals surface area contributed by atoms with Crippen LogP contribution in [0.25, 0.3) is 11.3 Å². The lowest BCUT2D eigenvalue weighted by atomic mass is 10.1. The Morgan fingerprint density at radius 3 is 2.20 bits per heavy atom. The summed E-state index contributed by atoms with van der Waals surface area (Å²) in [7, 11) is 0. The van der Waals surface area contributed by atoms with Crippen molar-refractivity contribution >= 4 is 75.5 Å². The Kier molecular flexibility index (Phi) is 6.51. The van der Waals surface area contributed by atoms with Gasteiger partial charge in [0.15, 0.2) is 11.9 Å². The van der Waals surface area contributed by atoms with Crippen LogP contribution in [0.2, 0.25) is 25.1 Å². The average Bonchev–Trinajstić information content (AvgIpc) is 3.35. The molecule has 0 bridgehead atoms. The highest BCUT2D eigenvalue weighted by Crippen LogP contribution is 2.48. The summed E-state index contributed by atoms with van der Waals surface area (Å²) in [5, 5.41) is 7.33. The third-order valence-corrected chi connectivity index (χ3v) is 7.17. The third kappa shape index (κ3) is 4.20. The minimum atomic E-state index is -0.855. The molecule has 0 N–H and O–H groups in total. The van der Waals surface area contributed by atoms with Crippen LogP contribution in [0.4, 0.5) is 16.2 Å². The third-order valence-electron chi connectivity index (χ3n) is 5.45. The Labute approximate surface area is 225 Å². The zero-order valence-electron chi connectivity index (χ0n) is 17.8. The van der Waals surface area contributed by atoms with Crippen molar-refractivity contribution in [2.75, 3.05) is 9.96 Å². The van der Waals surface area contributed by atoms with Gasteiger partial charge in [-0.05, 0) is 43.3 Å². The highest BCUT2D eigenvalue weighted by atomic mass is 35.5. The number of rotatable bonds is 4. The molecule has 1 aliphatic heterocycles. The van der Waals surface area contributed by atoms with Gasteiger partial charge in [-0.1, -0.05) is 87.4 Å². The Balaban J connectivity index is 1.73. The molecular formula is C24H14Cl5N3O3. The molecule has 1 aliphatic rings. The molecule has 178 valence electrons. The van der Waals surface area contributed by atoms with Crippen LogP contribution >= 0.6 is 58.0 Å². The highest BCUT2D eigenvalue weighted by Gasteiger charge is 2.46. The number of halogens is 5. The van der Waals surface area contributed by atoms with E-state index in [2.05, 4.69) is 5.16 Å². The van der Waals surface area contributed by atoms with Crippen molar-refractivity contribution in [2.45, 2.75) is 13.1 Å². The summed E-state index contributed by atoms with van der Waals surface area (Å²) < 4.78 is 5.50. The monoisotopic (exact) mass is 567 g/mol. The first-order chi connectivity index (χ1) is 16.8. The maximum absolute atomic E-state index is 13.4. The Morgan fingerprint density at radius 1 is 0.829 bits per heavy atom. The summed E-state index contributed by atoms with van der Waals surface area (Å²) in [5.41, 5.74) is 2.09. The number of carbonyl (C=O) groups excluding carboxylic acids is 1. The number of benzene rings is 3. The van der Waals surface area contributed by atoms with Crippen LogP contribution in [0, 0.1) is 6.92 Å². The quantitative estimate of drug-likeness (QED) is 0.245. The van der Waals surface area contributed by atoms with Gasteiger partial charge in [-0.25, -0.2) is 9.69 Å². The SMILES string of the molecule is Cc1onc(-c2c(Cl)cccc2Cl)c1N1C(=O)ON(c2ccc(Cl)c(Cl)c2)[C@H]1c1ccccc1Cl. The molecular weight excluding hydrogens is 556 g/mol. The first-order valence-electron chi connectivity index (χ1n) is 10.2. The van der Waals surface area contributed by atoms with Crippen molar-refractivity contribution in [3.05, 3.63) is 97.1 Å². The van der Waals surface area contributed by atoms with Gasteiger partial charge in [0.1, 0.15) is 11.4 Å². The maximum Gasteiger partial charge on any atom is 0.441 e. The molecule has 1 fully saturated rings. The van der Waals surface area contributed by atoms with E-state index >= 15 is 0 Å². The molecule has 1 atom stereocenters. The first-order valence-corrected chi connectivity index (χ1v) is 12.1. The molecule has 6 nitrogen and oxygen atoms in total. The second-order valence-electron chi connectivity index (χ2n) is 7.58. The van der Waals surface area contributed by atoms with Crippen LogP contribution < -0.4 is 9.96 Å². The molecule has 5 rings (SSSR count). The van der Waals surface area contributed by atoms with E-state index in [9.17, 15) is 4.79 Å². The predicted molar refractivity (Wildman–Crippen MR) is 139 cm³/mol. The summed E-state index contributed by atoms with van der Waals surface area (Å²) in [6.07, 6.45) is -1.55. The zero-order chi connectivity index (χ0) is 24.9. The number of carbonyl (C=O) groups is 1. The van der Waals surface area contributed by atoms with Crippen LogP contribution in [0.15, 0.2) is 65.2 Å². The van der Waals surface area contributed by atoms with Crippen molar-refractivity contribution in [1.29, 1.82) is 0 Å². The molecule has 0 saturated carbocycles. The molecule has 4 aromatic rings. The number of aryl methyl sites for hydroxylation is 1. The first kappa shape index (κ1) is 24.1. The van der Waals surface area contributed by atoms with E-state index in [0.717, 1.165) is 0 Å². The van der Waals surface area contributed by atoms with Crippen LogP contribution in [0.3, 0.4) is 0 Å². The lowest BCUT2D eigenvalue weighted by molar-refractivity contribution is 0.164. The van der Waals surface area contributed by atoms with Gasteiger partial charge in [-0.2, -0.15) is 5.06 Å². The Morgan fingerprint density at radius 2 is 1.51 bits per heavy atom. The lowest BCUT2D eigenvalue weighted by Gasteiger charge is -2.28. The van der Waals surface area contributed by atoms with E-state index in [1.165, 1.54) is 9.96 Å². The van der Waals surface area contributed by atoms with Gasteiger partial charge in [0, 0.05) is 16.1 Å². The second kappa shape index (κ2) is 9.45. The van der Waals surface area contributed by atoms with Gasteiger partial charge in [0.2, 0.25) is 0 Å². The molecule has 0 aliphatic carbocycles. The minimum Gasteiger partial charge on any atom is -0.359 e. The maximum atomic E-state index is 13.4. The van der Waals surface area contributed by atoms with E-state index in [1.54, 1.807) is 61.5 Å². The molecule has 0 radical (unpaired) electrons. The van der Waals surface area contributed by atoms with Gasteiger partial charge >= 0.3 is 6.09 Å². The molecule has 0 spiro atoms. The van der Waals surface area contributed by atoms with Gasteiger partial charge in [-0.15, -0.1) is 0 Å². The summed E-state index contributed by atoms with van der Waals surface area (Å²) in [5.74, 6) is 0.348. The second-order valence-corrected chi connectivity index (χ2v) is 9.62. The molecule has 1 aromatic heterocycles. The van der Waals surface area contributed by atoms with Crippen LogP contribution in [0.5, 0.6) is 0 Å². The molecule has 11 heteroatoms. The summed E-state index contributed by atoms with van der Waals surface area (Å²) in [4.78, 5) is 20.6. The Bertz CT molecular complexity index is 1440. The lowest BCUT2D eigenvalue weighted by Crippen LogP contribution is -2.32. The number of anilines is 2. The highest BCUT2D eigenvalue weighted by molar-refractivity contribution is 6.42. The van der Waals surface area contributed by atoms with E-state index in [0.29, 0.717) is 53.4 Å². The minimum absolute atomic E-state index is 0.281. The summed E-state index contributed by atoms with van der Waals surface area (Å²) in [6, 6.07) is 17.0. The average molecular weight is 570 g/mol. The van der Waals surface area contributed by atoms with E-state index in [-0.39, 0.29) is 5.69 Å². The Hall–Kier alpha value is -2.61. The van der Waals surface area contributed by atoms with Crippen molar-refractivity contribution in [3.63, 3.8) is 0 Å². The van der Waals surface area contributed by atoms with Crippen LogP contribution in [-0.2, 0) is 4.84 Å². The number of aromatic nitrogens is 1. The fourth-order valence-corrected chi connectivity index (χ4v) is 5.00. The normalized spacial score (nSPS) is 15.6. The molecule has 2 heterocycles. The topological polar surface area (TPSA) is 58.8 Å².